The van der Waals surface area contributed by atoms with E-state index in [0.717, 1.165) is 18.4 Å². The van der Waals surface area contributed by atoms with Crippen LogP contribution in [0.15, 0.2) is 42.5 Å². The molecule has 1 atom stereocenters. The van der Waals surface area contributed by atoms with Gasteiger partial charge >= 0.3 is 0 Å². The number of fused-ring (bicyclic) bond motifs is 1. The molecule has 0 aliphatic heterocycles. The van der Waals surface area contributed by atoms with Gasteiger partial charge in [-0.3, -0.25) is 14.9 Å². The summed E-state index contributed by atoms with van der Waals surface area (Å²) in [6, 6.07) is 12.6. The van der Waals surface area contributed by atoms with Gasteiger partial charge in [-0.05, 0) is 43.0 Å². The fourth-order valence-electron chi connectivity index (χ4n) is 2.95. The summed E-state index contributed by atoms with van der Waals surface area (Å²) in [5.74, 6) is -0.195. The molecule has 0 saturated carbocycles. The first-order valence-corrected chi connectivity index (χ1v) is 7.20. The van der Waals surface area contributed by atoms with Crippen molar-refractivity contribution in [2.24, 2.45) is 0 Å². The Balaban J connectivity index is 1.79. The largest absolute Gasteiger partial charge is 0.345 e. The number of nitro groups is 1. The SMILES string of the molecule is Cc1cc(C(=O)NC2CCc3ccccc32)ccc1[N+](=O)[O-]. The Labute approximate surface area is 128 Å². The van der Waals surface area contributed by atoms with Gasteiger partial charge in [0.15, 0.2) is 0 Å². The van der Waals surface area contributed by atoms with E-state index < -0.39 is 4.92 Å². The minimum absolute atomic E-state index is 0.0131. The molecule has 2 aromatic carbocycles. The molecule has 0 spiro atoms. The van der Waals surface area contributed by atoms with Crippen LogP contribution in [0.3, 0.4) is 0 Å². The number of aryl methyl sites for hydroxylation is 2. The first kappa shape index (κ1) is 14.3. The number of rotatable bonds is 3. The van der Waals surface area contributed by atoms with Crippen LogP contribution < -0.4 is 5.32 Å². The Bertz CT molecular complexity index is 755. The summed E-state index contributed by atoms with van der Waals surface area (Å²) < 4.78 is 0. The Morgan fingerprint density at radius 1 is 1.27 bits per heavy atom. The van der Waals surface area contributed by atoms with Crippen LogP contribution in [0.5, 0.6) is 0 Å². The molecular formula is C17H16N2O3. The van der Waals surface area contributed by atoms with Crippen molar-refractivity contribution >= 4 is 11.6 Å². The molecule has 3 rings (SSSR count). The number of benzene rings is 2. The molecule has 1 aliphatic carbocycles. The quantitative estimate of drug-likeness (QED) is 0.697. The number of carbonyl (C=O) groups excluding carboxylic acids is 1. The van der Waals surface area contributed by atoms with Crippen molar-refractivity contribution in [3.63, 3.8) is 0 Å². The standard InChI is InChI=1S/C17H16N2O3/c1-11-10-13(7-9-16(11)19(21)22)17(20)18-15-8-6-12-4-2-3-5-14(12)15/h2-5,7,9-10,15H,6,8H2,1H3,(H,18,20). The van der Waals surface area contributed by atoms with Crippen molar-refractivity contribution in [3.05, 3.63) is 74.8 Å². The predicted octanol–water partition coefficient (Wildman–Crippen LogP) is 3.32. The van der Waals surface area contributed by atoms with Crippen LogP contribution in [0.2, 0.25) is 0 Å². The zero-order valence-corrected chi connectivity index (χ0v) is 12.2. The lowest BCUT2D eigenvalue weighted by atomic mass is 10.1. The molecule has 2 aromatic rings. The van der Waals surface area contributed by atoms with Crippen LogP contribution in [0.25, 0.3) is 0 Å². The number of nitrogens with zero attached hydrogens (tertiary/aromatic N) is 1. The molecule has 0 fully saturated rings. The van der Waals surface area contributed by atoms with E-state index in [9.17, 15) is 14.9 Å². The average molecular weight is 296 g/mol. The van der Waals surface area contributed by atoms with Crippen molar-refractivity contribution in [1.29, 1.82) is 0 Å². The van der Waals surface area contributed by atoms with Gasteiger partial charge < -0.3 is 5.32 Å². The first-order chi connectivity index (χ1) is 10.6. The number of amides is 1. The van der Waals surface area contributed by atoms with E-state index in [2.05, 4.69) is 11.4 Å². The predicted molar refractivity (Wildman–Crippen MR) is 82.8 cm³/mol. The number of carbonyl (C=O) groups is 1. The number of nitrogens with one attached hydrogen (secondary N) is 1. The maximum atomic E-state index is 12.4. The van der Waals surface area contributed by atoms with E-state index in [4.69, 9.17) is 0 Å². The highest BCUT2D eigenvalue weighted by molar-refractivity contribution is 5.95. The fraction of sp³-hybridized carbons (Fsp3) is 0.235. The molecule has 0 aromatic heterocycles. The van der Waals surface area contributed by atoms with Crippen molar-refractivity contribution in [1.82, 2.24) is 5.32 Å². The van der Waals surface area contributed by atoms with Crippen molar-refractivity contribution < 1.29 is 9.72 Å². The maximum absolute atomic E-state index is 12.4. The molecule has 112 valence electrons. The lowest BCUT2D eigenvalue weighted by Crippen LogP contribution is -2.27. The van der Waals surface area contributed by atoms with Gasteiger partial charge in [0.05, 0.1) is 11.0 Å². The molecule has 0 radical (unpaired) electrons. The van der Waals surface area contributed by atoms with Gasteiger partial charge in [0.1, 0.15) is 0 Å². The molecule has 1 aliphatic rings. The molecule has 1 unspecified atom stereocenters. The van der Waals surface area contributed by atoms with E-state index in [1.807, 2.05) is 18.2 Å². The van der Waals surface area contributed by atoms with Crippen LogP contribution in [0.4, 0.5) is 5.69 Å². The second-order valence-corrected chi connectivity index (χ2v) is 5.52. The molecular weight excluding hydrogens is 280 g/mol. The van der Waals surface area contributed by atoms with Gasteiger partial charge in [0, 0.05) is 17.2 Å². The van der Waals surface area contributed by atoms with Crippen LogP contribution in [-0.4, -0.2) is 10.8 Å². The summed E-state index contributed by atoms with van der Waals surface area (Å²) in [7, 11) is 0. The van der Waals surface area contributed by atoms with Gasteiger partial charge in [-0.15, -0.1) is 0 Å². The highest BCUT2D eigenvalue weighted by Crippen LogP contribution is 2.31. The normalized spacial score (nSPS) is 16.1. The third-order valence-electron chi connectivity index (χ3n) is 4.09. The van der Waals surface area contributed by atoms with Crippen molar-refractivity contribution in [3.8, 4) is 0 Å². The second-order valence-electron chi connectivity index (χ2n) is 5.52. The lowest BCUT2D eigenvalue weighted by molar-refractivity contribution is -0.385. The molecule has 5 nitrogen and oxygen atoms in total. The van der Waals surface area contributed by atoms with E-state index >= 15 is 0 Å². The van der Waals surface area contributed by atoms with E-state index in [1.54, 1.807) is 13.0 Å². The smallest absolute Gasteiger partial charge is 0.272 e. The van der Waals surface area contributed by atoms with E-state index in [-0.39, 0.29) is 17.6 Å². The molecule has 22 heavy (non-hydrogen) atoms. The zero-order chi connectivity index (χ0) is 15.7. The van der Waals surface area contributed by atoms with Gasteiger partial charge in [0.2, 0.25) is 0 Å². The number of hydrogen-bond donors (Lipinski definition) is 1. The summed E-state index contributed by atoms with van der Waals surface area (Å²) in [6.45, 7) is 1.64. The Morgan fingerprint density at radius 3 is 2.77 bits per heavy atom. The van der Waals surface area contributed by atoms with E-state index in [1.165, 1.54) is 17.7 Å². The molecule has 5 heteroatoms. The first-order valence-electron chi connectivity index (χ1n) is 7.20. The summed E-state index contributed by atoms with van der Waals surface area (Å²) >= 11 is 0. The Kier molecular flexibility index (Phi) is 3.63. The van der Waals surface area contributed by atoms with Crippen LogP contribution in [0.1, 0.15) is 39.5 Å². The molecule has 1 amide bonds. The average Bonchev–Trinajstić information content (AvgIpc) is 2.90. The molecule has 0 saturated heterocycles. The lowest BCUT2D eigenvalue weighted by Gasteiger charge is -2.14. The van der Waals surface area contributed by atoms with Gasteiger partial charge in [-0.2, -0.15) is 0 Å². The highest BCUT2D eigenvalue weighted by Gasteiger charge is 2.24. The van der Waals surface area contributed by atoms with Crippen molar-refractivity contribution in [2.75, 3.05) is 0 Å². The maximum Gasteiger partial charge on any atom is 0.272 e. The molecule has 1 N–H and O–H groups in total. The second kappa shape index (κ2) is 5.60. The highest BCUT2D eigenvalue weighted by atomic mass is 16.6. The van der Waals surface area contributed by atoms with Crippen molar-refractivity contribution in [2.45, 2.75) is 25.8 Å². The number of nitro benzene ring substituents is 1. The van der Waals surface area contributed by atoms with Gasteiger partial charge in [0.25, 0.3) is 11.6 Å². The minimum Gasteiger partial charge on any atom is -0.345 e. The van der Waals surface area contributed by atoms with Gasteiger partial charge in [-0.25, -0.2) is 0 Å². The number of hydrogen-bond acceptors (Lipinski definition) is 3. The van der Waals surface area contributed by atoms with Crippen LogP contribution >= 0.6 is 0 Å². The minimum atomic E-state index is -0.440. The summed E-state index contributed by atoms with van der Waals surface area (Å²) in [6.07, 6.45) is 1.84. The fourth-order valence-corrected chi connectivity index (χ4v) is 2.95. The molecule has 0 heterocycles. The summed E-state index contributed by atoms with van der Waals surface area (Å²) in [5.41, 5.74) is 3.40. The van der Waals surface area contributed by atoms with Crippen LogP contribution in [0, 0.1) is 17.0 Å². The Morgan fingerprint density at radius 2 is 2.05 bits per heavy atom. The Hall–Kier alpha value is -2.69. The summed E-state index contributed by atoms with van der Waals surface area (Å²) in [4.78, 5) is 22.7. The third kappa shape index (κ3) is 2.57. The summed E-state index contributed by atoms with van der Waals surface area (Å²) in [5, 5.41) is 13.8. The zero-order valence-electron chi connectivity index (χ0n) is 12.2. The topological polar surface area (TPSA) is 72.2 Å². The van der Waals surface area contributed by atoms with Gasteiger partial charge in [-0.1, -0.05) is 24.3 Å². The third-order valence-corrected chi connectivity index (χ3v) is 4.09. The van der Waals surface area contributed by atoms with E-state index in [0.29, 0.717) is 11.1 Å². The molecule has 0 bridgehead atoms. The monoisotopic (exact) mass is 296 g/mol. The van der Waals surface area contributed by atoms with Crippen LogP contribution in [-0.2, 0) is 6.42 Å².